The molecule has 0 amide bonds. The predicted molar refractivity (Wildman–Crippen MR) is 78.9 cm³/mol. The van der Waals surface area contributed by atoms with E-state index < -0.39 is 6.10 Å². The van der Waals surface area contributed by atoms with Crippen molar-refractivity contribution in [2.24, 2.45) is 0 Å². The topological polar surface area (TPSA) is 47.3 Å². The summed E-state index contributed by atoms with van der Waals surface area (Å²) in [5.74, 6) is 1.78. The van der Waals surface area contributed by atoms with Crippen molar-refractivity contribution in [3.8, 4) is 5.75 Å². The maximum absolute atomic E-state index is 10.0. The molecule has 0 fully saturated rings. The van der Waals surface area contributed by atoms with Crippen molar-refractivity contribution < 1.29 is 9.84 Å². The van der Waals surface area contributed by atoms with Crippen molar-refractivity contribution in [2.75, 3.05) is 6.61 Å². The molecule has 1 aromatic carbocycles. The van der Waals surface area contributed by atoms with E-state index in [1.54, 1.807) is 6.20 Å². The van der Waals surface area contributed by atoms with Crippen LogP contribution in [-0.2, 0) is 19.4 Å². The van der Waals surface area contributed by atoms with Crippen LogP contribution in [0.4, 0.5) is 0 Å². The standard InChI is InChI=1S/C16H22N2O2/c1-3-13-5-7-15(8-6-13)20-12-14(19)11-18-10-9-17-16(18)4-2/h5-10,14,19H,3-4,11-12H2,1-2H3. The minimum atomic E-state index is -0.541. The molecule has 4 nitrogen and oxygen atoms in total. The van der Waals surface area contributed by atoms with Gasteiger partial charge in [-0.15, -0.1) is 0 Å². The Bertz CT molecular complexity index is 520. The van der Waals surface area contributed by atoms with Gasteiger partial charge in [-0.25, -0.2) is 4.98 Å². The fourth-order valence-corrected chi connectivity index (χ4v) is 2.11. The van der Waals surface area contributed by atoms with Crippen LogP contribution in [-0.4, -0.2) is 27.4 Å². The molecule has 2 aromatic rings. The fourth-order valence-electron chi connectivity index (χ4n) is 2.11. The van der Waals surface area contributed by atoms with E-state index in [-0.39, 0.29) is 6.61 Å². The summed E-state index contributed by atoms with van der Waals surface area (Å²) >= 11 is 0. The summed E-state index contributed by atoms with van der Waals surface area (Å²) in [6, 6.07) is 7.99. The van der Waals surface area contributed by atoms with Gasteiger partial charge in [-0.2, -0.15) is 0 Å². The number of aliphatic hydroxyl groups is 1. The van der Waals surface area contributed by atoms with Gasteiger partial charge in [0, 0.05) is 18.8 Å². The summed E-state index contributed by atoms with van der Waals surface area (Å²) in [5, 5.41) is 10.0. The van der Waals surface area contributed by atoms with Crippen molar-refractivity contribution in [2.45, 2.75) is 39.3 Å². The van der Waals surface area contributed by atoms with Gasteiger partial charge >= 0.3 is 0 Å². The van der Waals surface area contributed by atoms with Crippen LogP contribution in [0.2, 0.25) is 0 Å². The van der Waals surface area contributed by atoms with Gasteiger partial charge < -0.3 is 14.4 Å². The van der Waals surface area contributed by atoms with Crippen molar-refractivity contribution in [3.63, 3.8) is 0 Å². The third-order valence-corrected chi connectivity index (χ3v) is 3.30. The van der Waals surface area contributed by atoms with Crippen LogP contribution in [0.15, 0.2) is 36.7 Å². The second-order valence-corrected chi connectivity index (χ2v) is 4.81. The van der Waals surface area contributed by atoms with E-state index in [0.717, 1.165) is 24.4 Å². The molecule has 2 rings (SSSR count). The smallest absolute Gasteiger partial charge is 0.119 e. The van der Waals surface area contributed by atoms with E-state index in [2.05, 4.69) is 18.8 Å². The zero-order valence-electron chi connectivity index (χ0n) is 12.1. The molecule has 0 saturated carbocycles. The maximum Gasteiger partial charge on any atom is 0.119 e. The number of aromatic nitrogens is 2. The molecule has 0 aliphatic heterocycles. The van der Waals surface area contributed by atoms with Crippen molar-refractivity contribution in [3.05, 3.63) is 48.0 Å². The van der Waals surface area contributed by atoms with Gasteiger partial charge in [0.15, 0.2) is 0 Å². The molecule has 0 spiro atoms. The average Bonchev–Trinajstić information content (AvgIpc) is 2.92. The number of benzene rings is 1. The quantitative estimate of drug-likeness (QED) is 0.843. The van der Waals surface area contributed by atoms with E-state index >= 15 is 0 Å². The number of imidazole rings is 1. The molecule has 1 heterocycles. The van der Waals surface area contributed by atoms with E-state index in [0.29, 0.717) is 6.54 Å². The first-order valence-electron chi connectivity index (χ1n) is 7.12. The van der Waals surface area contributed by atoms with E-state index in [4.69, 9.17) is 4.74 Å². The third-order valence-electron chi connectivity index (χ3n) is 3.30. The molecule has 1 aromatic heterocycles. The zero-order chi connectivity index (χ0) is 14.4. The van der Waals surface area contributed by atoms with Gasteiger partial charge in [-0.1, -0.05) is 26.0 Å². The Morgan fingerprint density at radius 3 is 2.60 bits per heavy atom. The summed E-state index contributed by atoms with van der Waals surface area (Å²) < 4.78 is 7.57. The maximum atomic E-state index is 10.0. The average molecular weight is 274 g/mol. The zero-order valence-corrected chi connectivity index (χ0v) is 12.1. The second kappa shape index (κ2) is 7.10. The number of hydrogen-bond donors (Lipinski definition) is 1. The minimum Gasteiger partial charge on any atom is -0.491 e. The van der Waals surface area contributed by atoms with E-state index in [1.807, 2.05) is 35.0 Å². The third kappa shape index (κ3) is 3.84. The Kier molecular flexibility index (Phi) is 5.18. The van der Waals surface area contributed by atoms with Gasteiger partial charge in [0.05, 0.1) is 6.54 Å². The number of rotatable bonds is 7. The summed E-state index contributed by atoms with van der Waals surface area (Å²) in [4.78, 5) is 4.24. The predicted octanol–water partition coefficient (Wildman–Crippen LogP) is 2.45. The number of aryl methyl sites for hydroxylation is 2. The molecule has 0 radical (unpaired) electrons. The number of hydrogen-bond acceptors (Lipinski definition) is 3. The van der Waals surface area contributed by atoms with Crippen LogP contribution in [0.25, 0.3) is 0 Å². The molecular formula is C16H22N2O2. The number of nitrogens with zero attached hydrogens (tertiary/aromatic N) is 2. The van der Waals surface area contributed by atoms with Crippen LogP contribution in [0, 0.1) is 0 Å². The first-order valence-corrected chi connectivity index (χ1v) is 7.12. The first-order chi connectivity index (χ1) is 9.72. The summed E-state index contributed by atoms with van der Waals surface area (Å²) in [6.07, 6.45) is 4.98. The van der Waals surface area contributed by atoms with Gasteiger partial charge in [-0.05, 0) is 24.1 Å². The highest BCUT2D eigenvalue weighted by molar-refractivity contribution is 5.27. The van der Waals surface area contributed by atoms with Crippen molar-refractivity contribution in [1.29, 1.82) is 0 Å². The monoisotopic (exact) mass is 274 g/mol. The van der Waals surface area contributed by atoms with Crippen LogP contribution < -0.4 is 4.74 Å². The Labute approximate surface area is 120 Å². The molecule has 0 aliphatic rings. The lowest BCUT2D eigenvalue weighted by Gasteiger charge is -2.14. The SMILES string of the molecule is CCc1ccc(OCC(O)Cn2ccnc2CC)cc1. The van der Waals surface area contributed by atoms with Crippen LogP contribution >= 0.6 is 0 Å². The largest absolute Gasteiger partial charge is 0.491 e. The highest BCUT2D eigenvalue weighted by Gasteiger charge is 2.09. The molecule has 108 valence electrons. The second-order valence-electron chi connectivity index (χ2n) is 4.81. The Hall–Kier alpha value is -1.81. The minimum absolute atomic E-state index is 0.285. The van der Waals surface area contributed by atoms with Crippen LogP contribution in [0.1, 0.15) is 25.2 Å². The molecule has 1 N–H and O–H groups in total. The van der Waals surface area contributed by atoms with Gasteiger partial charge in [0.2, 0.25) is 0 Å². The molecule has 1 unspecified atom stereocenters. The summed E-state index contributed by atoms with van der Waals surface area (Å²) in [7, 11) is 0. The first kappa shape index (κ1) is 14.6. The summed E-state index contributed by atoms with van der Waals surface area (Å²) in [5.41, 5.74) is 1.28. The van der Waals surface area contributed by atoms with Crippen LogP contribution in [0.3, 0.4) is 0 Å². The Morgan fingerprint density at radius 2 is 1.95 bits per heavy atom. The highest BCUT2D eigenvalue weighted by Crippen LogP contribution is 2.13. The number of ether oxygens (including phenoxy) is 1. The van der Waals surface area contributed by atoms with Crippen molar-refractivity contribution in [1.82, 2.24) is 9.55 Å². The molecule has 0 bridgehead atoms. The number of aliphatic hydroxyl groups excluding tert-OH is 1. The van der Waals surface area contributed by atoms with E-state index in [9.17, 15) is 5.11 Å². The highest BCUT2D eigenvalue weighted by atomic mass is 16.5. The molecular weight excluding hydrogens is 252 g/mol. The lowest BCUT2D eigenvalue weighted by molar-refractivity contribution is 0.0917. The van der Waals surface area contributed by atoms with Gasteiger partial charge in [0.25, 0.3) is 0 Å². The van der Waals surface area contributed by atoms with E-state index in [1.165, 1.54) is 5.56 Å². The Morgan fingerprint density at radius 1 is 1.20 bits per heavy atom. The van der Waals surface area contributed by atoms with Crippen LogP contribution in [0.5, 0.6) is 5.75 Å². The molecule has 1 atom stereocenters. The van der Waals surface area contributed by atoms with Gasteiger partial charge in [-0.3, -0.25) is 0 Å². The molecule has 4 heteroatoms. The Balaban J connectivity index is 1.83. The van der Waals surface area contributed by atoms with Gasteiger partial charge in [0.1, 0.15) is 24.3 Å². The normalized spacial score (nSPS) is 12.3. The molecule has 0 aliphatic carbocycles. The fraction of sp³-hybridized carbons (Fsp3) is 0.438. The summed E-state index contributed by atoms with van der Waals surface area (Å²) in [6.45, 7) is 4.97. The molecule has 20 heavy (non-hydrogen) atoms. The lowest BCUT2D eigenvalue weighted by Crippen LogP contribution is -2.24. The van der Waals surface area contributed by atoms with Crippen molar-refractivity contribution >= 4 is 0 Å². The molecule has 0 saturated heterocycles. The lowest BCUT2D eigenvalue weighted by atomic mass is 10.2.